The second-order valence-corrected chi connectivity index (χ2v) is 11.6. The molecule has 4 rings (SSSR count). The minimum Gasteiger partial charge on any atom is -0.384 e. The zero-order valence-corrected chi connectivity index (χ0v) is 19.9. The Morgan fingerprint density at radius 3 is 2.38 bits per heavy atom. The second kappa shape index (κ2) is 8.05. The molecule has 4 N–H and O–H groups in total. The van der Waals surface area contributed by atoms with Crippen LogP contribution in [0.1, 0.15) is 37.5 Å². The van der Waals surface area contributed by atoms with Gasteiger partial charge >= 0.3 is 5.00 Å². The number of rotatable bonds is 4. The Labute approximate surface area is 200 Å². The predicted molar refractivity (Wildman–Crippen MR) is 126 cm³/mol. The van der Waals surface area contributed by atoms with E-state index >= 15 is 0 Å². The lowest BCUT2D eigenvalue weighted by Gasteiger charge is -2.43. The first kappa shape index (κ1) is 23.6. The summed E-state index contributed by atoms with van der Waals surface area (Å²) >= 11 is 0.903. The number of nitrogens with zero attached hydrogens (tertiary/aromatic N) is 3. The second-order valence-electron chi connectivity index (χ2n) is 8.95. The van der Waals surface area contributed by atoms with Gasteiger partial charge in [-0.15, -0.1) is 0 Å². The molecule has 1 aromatic heterocycles. The Balaban J connectivity index is 1.95. The summed E-state index contributed by atoms with van der Waals surface area (Å²) in [5.41, 5.74) is 7.61. The van der Waals surface area contributed by atoms with Crippen LogP contribution < -0.4 is 15.8 Å². The van der Waals surface area contributed by atoms with Gasteiger partial charge in [-0.3, -0.25) is 19.8 Å². The van der Waals surface area contributed by atoms with Crippen LogP contribution in [-0.4, -0.2) is 19.1 Å². The van der Waals surface area contributed by atoms with E-state index in [0.29, 0.717) is 28.3 Å². The largest absolute Gasteiger partial charge is 0.384 e. The molecule has 0 saturated carbocycles. The maximum atomic E-state index is 13.4. The highest BCUT2D eigenvalue weighted by Crippen LogP contribution is 2.51. The van der Waals surface area contributed by atoms with E-state index < -0.39 is 26.3 Å². The first-order valence-electron chi connectivity index (χ1n) is 10.2. The van der Waals surface area contributed by atoms with E-state index in [1.807, 2.05) is 13.8 Å². The summed E-state index contributed by atoms with van der Waals surface area (Å²) in [6.07, 6.45) is 0.695. The van der Waals surface area contributed by atoms with Gasteiger partial charge in [0.1, 0.15) is 5.82 Å². The Morgan fingerprint density at radius 2 is 1.85 bits per heavy atom. The number of benzene rings is 1. The summed E-state index contributed by atoms with van der Waals surface area (Å²) in [4.78, 5) is 26.1. The number of nitrogens with two attached hydrogens (primary N) is 2. The topological polar surface area (TPSA) is 173 Å². The van der Waals surface area contributed by atoms with Gasteiger partial charge in [-0.2, -0.15) is 5.26 Å². The summed E-state index contributed by atoms with van der Waals surface area (Å²) in [7, 11) is -3.91. The number of hydrogen-bond acceptors (Lipinski definition) is 9. The number of sulfonamides is 1. The zero-order valence-electron chi connectivity index (χ0n) is 18.3. The molecule has 0 spiro atoms. The predicted octanol–water partition coefficient (Wildman–Crippen LogP) is 3.24. The van der Waals surface area contributed by atoms with Crippen LogP contribution in [0.5, 0.6) is 0 Å². The molecule has 1 atom stereocenters. The van der Waals surface area contributed by atoms with Crippen molar-refractivity contribution in [3.05, 3.63) is 74.1 Å². The lowest BCUT2D eigenvalue weighted by Crippen LogP contribution is -2.42. The first-order chi connectivity index (χ1) is 15.8. The number of carbonyl (C=O) groups excluding carboxylic acids is 1. The molecule has 2 aromatic rings. The third kappa shape index (κ3) is 3.98. The van der Waals surface area contributed by atoms with Crippen molar-refractivity contribution >= 4 is 37.8 Å². The number of Topliss-reactive ketones (excluding diaryl/α,β-unsaturated/α-hetero) is 1. The van der Waals surface area contributed by atoms with Crippen LogP contribution in [-0.2, 0) is 14.8 Å². The van der Waals surface area contributed by atoms with Crippen molar-refractivity contribution in [2.75, 3.05) is 4.90 Å². The van der Waals surface area contributed by atoms with E-state index in [1.54, 1.807) is 11.0 Å². The number of nitro groups is 1. The van der Waals surface area contributed by atoms with Gasteiger partial charge in [0.15, 0.2) is 5.78 Å². The Kier molecular flexibility index (Phi) is 5.59. The molecule has 12 heteroatoms. The monoisotopic (exact) mass is 499 g/mol. The third-order valence-corrected chi connectivity index (χ3v) is 7.91. The minimum atomic E-state index is -3.91. The van der Waals surface area contributed by atoms with Crippen molar-refractivity contribution in [1.29, 1.82) is 5.26 Å². The molecule has 10 nitrogen and oxygen atoms in total. The molecule has 1 unspecified atom stereocenters. The minimum absolute atomic E-state index is 0.0798. The summed E-state index contributed by atoms with van der Waals surface area (Å²) < 4.78 is 23.4. The third-order valence-electron chi connectivity index (χ3n) is 5.88. The molecule has 0 radical (unpaired) electrons. The van der Waals surface area contributed by atoms with Crippen LogP contribution in [0.2, 0.25) is 0 Å². The highest BCUT2D eigenvalue weighted by molar-refractivity contribution is 7.89. The van der Waals surface area contributed by atoms with Gasteiger partial charge in [-0.05, 0) is 42.2 Å². The van der Waals surface area contributed by atoms with Gasteiger partial charge in [0, 0.05) is 34.3 Å². The van der Waals surface area contributed by atoms with E-state index in [-0.39, 0.29) is 33.5 Å². The molecule has 2 heterocycles. The average Bonchev–Trinajstić information content (AvgIpc) is 3.22. The lowest BCUT2D eigenvalue weighted by molar-refractivity contribution is -0.380. The van der Waals surface area contributed by atoms with Gasteiger partial charge in [0.2, 0.25) is 10.0 Å². The maximum absolute atomic E-state index is 13.4. The Hall–Kier alpha value is -3.53. The molecule has 0 amide bonds. The van der Waals surface area contributed by atoms with Crippen molar-refractivity contribution in [3.8, 4) is 6.07 Å². The summed E-state index contributed by atoms with van der Waals surface area (Å²) in [6, 6.07) is 10.7. The number of anilines is 1. The normalized spacial score (nSPS) is 20.2. The van der Waals surface area contributed by atoms with Crippen molar-refractivity contribution in [2.24, 2.45) is 16.3 Å². The van der Waals surface area contributed by atoms with Crippen LogP contribution in [0.15, 0.2) is 64.0 Å². The van der Waals surface area contributed by atoms with E-state index in [2.05, 4.69) is 6.07 Å². The molecule has 176 valence electrons. The number of ketones is 1. The SMILES string of the molecule is CC1(C)CC(=O)C2=C(C1)N(c1ccc(S(N)(=O)=O)cc1)C(N)=C(C#N)C2c1ccc([N+](=O)[O-])s1. The Morgan fingerprint density at radius 1 is 1.21 bits per heavy atom. The number of nitriles is 1. The molecule has 2 aliphatic rings. The number of hydrogen-bond donors (Lipinski definition) is 2. The molecular weight excluding hydrogens is 478 g/mol. The van der Waals surface area contributed by atoms with Crippen LogP contribution in [0.3, 0.4) is 0 Å². The Bertz CT molecular complexity index is 1430. The molecule has 0 saturated heterocycles. The summed E-state index contributed by atoms with van der Waals surface area (Å²) in [6.45, 7) is 3.89. The van der Waals surface area contributed by atoms with Gasteiger partial charge in [-0.25, -0.2) is 13.6 Å². The molecular formula is C22H21N5O5S2. The van der Waals surface area contributed by atoms with Crippen molar-refractivity contribution in [3.63, 3.8) is 0 Å². The standard InChI is InChI=1S/C22H21N5O5S2/c1-22(2)9-15-20(16(28)10-22)19(17-7-8-18(33-17)27(29)30)14(11-23)21(24)26(15)12-3-5-13(6-4-12)34(25,31)32/h3-8,19H,9-10,24H2,1-2H3,(H2,25,31,32). The van der Waals surface area contributed by atoms with E-state index in [1.165, 1.54) is 30.3 Å². The van der Waals surface area contributed by atoms with E-state index in [0.717, 1.165) is 11.3 Å². The quantitative estimate of drug-likeness (QED) is 0.476. The maximum Gasteiger partial charge on any atom is 0.324 e. The van der Waals surface area contributed by atoms with E-state index in [9.17, 15) is 28.6 Å². The van der Waals surface area contributed by atoms with Crippen molar-refractivity contribution in [1.82, 2.24) is 0 Å². The van der Waals surface area contributed by atoms with Crippen LogP contribution in [0.4, 0.5) is 10.7 Å². The van der Waals surface area contributed by atoms with E-state index in [4.69, 9.17) is 10.9 Å². The van der Waals surface area contributed by atoms with Crippen LogP contribution in [0.25, 0.3) is 0 Å². The highest BCUT2D eigenvalue weighted by Gasteiger charge is 2.45. The molecule has 34 heavy (non-hydrogen) atoms. The zero-order chi connectivity index (χ0) is 25.0. The fraction of sp³-hybridized carbons (Fsp3) is 0.273. The molecule has 1 aliphatic heterocycles. The van der Waals surface area contributed by atoms with Gasteiger partial charge in [-0.1, -0.05) is 25.2 Å². The van der Waals surface area contributed by atoms with Crippen LogP contribution >= 0.6 is 11.3 Å². The number of primary sulfonamides is 1. The fourth-order valence-electron chi connectivity index (χ4n) is 4.47. The highest BCUT2D eigenvalue weighted by atomic mass is 32.2. The smallest absolute Gasteiger partial charge is 0.324 e. The molecule has 0 fully saturated rings. The van der Waals surface area contributed by atoms with Crippen molar-refractivity contribution < 1.29 is 18.1 Å². The van der Waals surface area contributed by atoms with Gasteiger partial charge < -0.3 is 5.73 Å². The summed E-state index contributed by atoms with van der Waals surface area (Å²) in [5, 5.41) is 26.4. The first-order valence-corrected chi connectivity index (χ1v) is 12.5. The lowest BCUT2D eigenvalue weighted by atomic mass is 9.69. The molecule has 1 aromatic carbocycles. The summed E-state index contributed by atoms with van der Waals surface area (Å²) in [5.74, 6) is -0.905. The van der Waals surface area contributed by atoms with Gasteiger partial charge in [0.25, 0.3) is 0 Å². The number of allylic oxidation sites excluding steroid dienone is 3. The van der Waals surface area contributed by atoms with Gasteiger partial charge in [0.05, 0.1) is 27.4 Å². The molecule has 1 aliphatic carbocycles. The van der Waals surface area contributed by atoms with Crippen LogP contribution in [0, 0.1) is 26.9 Å². The number of carbonyl (C=O) groups is 1. The average molecular weight is 500 g/mol. The molecule has 0 bridgehead atoms. The van der Waals surface area contributed by atoms with Crippen molar-refractivity contribution in [2.45, 2.75) is 37.5 Å². The number of thiophene rings is 1. The fourth-order valence-corrected chi connectivity index (χ4v) is 5.93.